The summed E-state index contributed by atoms with van der Waals surface area (Å²) in [5.74, 6) is 6.23. The fraction of sp³-hybridized carbons (Fsp3) is 0.150. The second-order valence-corrected chi connectivity index (χ2v) is 24.0. The third kappa shape index (κ3) is 7.56. The third-order valence-corrected chi connectivity index (χ3v) is 13.3. The van der Waals surface area contributed by atoms with Crippen LogP contribution in [0.5, 0.6) is 0 Å². The van der Waals surface area contributed by atoms with Crippen LogP contribution in [0.1, 0.15) is 26.7 Å². The van der Waals surface area contributed by atoms with Crippen LogP contribution in [0.2, 0.25) is 17.3 Å². The van der Waals surface area contributed by atoms with E-state index in [0.717, 1.165) is 43.9 Å². The molecule has 0 N–H and O–H groups in total. The van der Waals surface area contributed by atoms with Crippen molar-refractivity contribution in [1.82, 2.24) is 9.97 Å². The predicted molar refractivity (Wildman–Crippen MR) is 192 cm³/mol. The molecule has 0 unspecified atom stereocenters. The first-order chi connectivity index (χ1) is 22.0. The minimum atomic E-state index is -1.72. The summed E-state index contributed by atoms with van der Waals surface area (Å²) in [6.45, 7) is 3.76. The zero-order valence-corrected chi connectivity index (χ0v) is 31.8. The van der Waals surface area contributed by atoms with Crippen molar-refractivity contribution < 1.29 is 25.9 Å². The van der Waals surface area contributed by atoms with Gasteiger partial charge in [0, 0.05) is 32.4 Å². The monoisotopic (exact) mass is 862 g/mol. The average molecular weight is 861 g/mol. The molecule has 0 bridgehead atoms. The number of rotatable bonds is 5. The van der Waals surface area contributed by atoms with Gasteiger partial charge in [-0.1, -0.05) is 55.1 Å². The van der Waals surface area contributed by atoms with E-state index < -0.39 is 19.2 Å². The number of halogens is 1. The molecular formula is C40H35FGeIrN2S-2. The first-order valence-electron chi connectivity index (χ1n) is 15.5. The molecule has 3 aromatic heterocycles. The van der Waals surface area contributed by atoms with Crippen molar-refractivity contribution in [3.63, 3.8) is 0 Å². The number of aromatic nitrogens is 2. The Bertz CT molecular complexity index is 2120. The Labute approximate surface area is 292 Å². The van der Waals surface area contributed by atoms with E-state index >= 15 is 0 Å². The van der Waals surface area contributed by atoms with E-state index in [1.165, 1.54) is 32.0 Å². The number of fused-ring (bicyclic) bond motifs is 3. The van der Waals surface area contributed by atoms with Gasteiger partial charge in [-0.3, -0.25) is 0 Å². The Morgan fingerprint density at radius 2 is 1.57 bits per heavy atom. The molecule has 46 heavy (non-hydrogen) atoms. The van der Waals surface area contributed by atoms with E-state index in [9.17, 15) is 4.39 Å². The average Bonchev–Trinajstić information content (AvgIpc) is 3.43. The molecule has 0 spiro atoms. The third-order valence-electron chi connectivity index (χ3n) is 7.82. The van der Waals surface area contributed by atoms with Crippen molar-refractivity contribution in [2.24, 2.45) is 0 Å². The maximum Gasteiger partial charge on any atom is 0 e. The van der Waals surface area contributed by atoms with E-state index in [-0.39, 0.29) is 25.9 Å². The van der Waals surface area contributed by atoms with Crippen molar-refractivity contribution in [1.29, 1.82) is 0 Å². The van der Waals surface area contributed by atoms with Crippen LogP contribution >= 0.6 is 11.3 Å². The molecule has 1 radical (unpaired) electrons. The van der Waals surface area contributed by atoms with E-state index in [1.807, 2.05) is 62.5 Å². The topological polar surface area (TPSA) is 25.8 Å². The second-order valence-electron chi connectivity index (χ2n) is 12.3. The number of thiophene rings is 1. The smallest absolute Gasteiger partial charge is 0 e. The number of benzene rings is 4. The quantitative estimate of drug-likeness (QED) is 0.127. The van der Waals surface area contributed by atoms with Crippen LogP contribution in [-0.2, 0) is 20.1 Å². The number of hydrogen-bond acceptors (Lipinski definition) is 3. The normalized spacial score (nSPS) is 11.8. The molecular weight excluding hydrogens is 824 g/mol. The summed E-state index contributed by atoms with van der Waals surface area (Å²) in [5.41, 5.74) is 6.86. The van der Waals surface area contributed by atoms with Crippen LogP contribution < -0.4 is 4.40 Å². The summed E-state index contributed by atoms with van der Waals surface area (Å²) >= 11 is 0.000367. The van der Waals surface area contributed by atoms with Gasteiger partial charge in [0.05, 0.1) is 0 Å². The maximum atomic E-state index is 13.3. The van der Waals surface area contributed by atoms with Crippen molar-refractivity contribution in [3.8, 4) is 33.6 Å². The van der Waals surface area contributed by atoms with Crippen molar-refractivity contribution in [2.45, 2.75) is 37.0 Å². The van der Waals surface area contributed by atoms with Gasteiger partial charge in [0.1, 0.15) is 5.82 Å². The molecule has 0 fully saturated rings. The van der Waals surface area contributed by atoms with Crippen LogP contribution in [0, 0.1) is 17.9 Å². The van der Waals surface area contributed by atoms with Crippen LogP contribution in [0.4, 0.5) is 4.39 Å². The van der Waals surface area contributed by atoms with Crippen molar-refractivity contribution in [3.05, 3.63) is 139 Å². The zero-order valence-electron chi connectivity index (χ0n) is 27.5. The Kier molecular flexibility index (Phi) is 10.2. The summed E-state index contributed by atoms with van der Waals surface area (Å²) in [4.78, 5) is 9.10. The molecule has 7 rings (SSSR count). The van der Waals surface area contributed by atoms with Gasteiger partial charge in [0.2, 0.25) is 0 Å². The summed E-state index contributed by atoms with van der Waals surface area (Å²) in [5, 5.41) is 2.36. The molecule has 0 aliphatic heterocycles. The van der Waals surface area contributed by atoms with E-state index in [2.05, 4.69) is 75.8 Å². The summed E-state index contributed by atoms with van der Waals surface area (Å²) in [6.07, 6.45) is 3.81. The molecule has 0 saturated heterocycles. The molecule has 0 amide bonds. The van der Waals surface area contributed by atoms with Gasteiger partial charge < -0.3 is 4.98 Å². The van der Waals surface area contributed by atoms with Gasteiger partial charge in [-0.05, 0) is 57.1 Å². The summed E-state index contributed by atoms with van der Waals surface area (Å²) < 4.78 is 25.4. The number of pyridine rings is 2. The van der Waals surface area contributed by atoms with Crippen LogP contribution in [0.15, 0.2) is 116 Å². The molecule has 6 heteroatoms. The zero-order chi connectivity index (χ0) is 32.5. The molecule has 233 valence electrons. The summed E-state index contributed by atoms with van der Waals surface area (Å²) in [6, 6.07) is 39.7. The largest absolute Gasteiger partial charge is 0 e. The Hall–Kier alpha value is -3.48. The van der Waals surface area contributed by atoms with E-state index in [1.54, 1.807) is 29.7 Å². The molecule has 7 aromatic rings. The van der Waals surface area contributed by atoms with E-state index in [0.29, 0.717) is 0 Å². The molecule has 0 aliphatic carbocycles. The van der Waals surface area contributed by atoms with Gasteiger partial charge in [0.15, 0.2) is 0 Å². The first-order valence-corrected chi connectivity index (χ1v) is 23.2. The van der Waals surface area contributed by atoms with Gasteiger partial charge >= 0.3 is 99.8 Å². The van der Waals surface area contributed by atoms with Gasteiger partial charge in [0.25, 0.3) is 0 Å². The maximum absolute atomic E-state index is 13.3. The van der Waals surface area contributed by atoms with Crippen molar-refractivity contribution >= 4 is 49.2 Å². The fourth-order valence-corrected chi connectivity index (χ4v) is 8.60. The van der Waals surface area contributed by atoms with Gasteiger partial charge in [-0.2, -0.15) is 11.3 Å². The van der Waals surface area contributed by atoms with Gasteiger partial charge in [-0.25, -0.2) is 4.39 Å². The summed E-state index contributed by atoms with van der Waals surface area (Å²) in [7, 11) is 0. The minimum absolute atomic E-state index is 0. The second kappa shape index (κ2) is 14.5. The fourth-order valence-electron chi connectivity index (χ4n) is 5.18. The number of nitrogens with zero attached hydrogens (tertiary/aromatic N) is 2. The molecule has 4 aromatic carbocycles. The standard InChI is InChI=1S/C26H19FNS.C14H16GeN.Ir/c1-16(2)18-12-13-28-24(14-18)23-5-3-4-22-21-11-8-19(15-25(21)29-26(22)23)17-6-9-20(27)10-7-17;1-15(2,3)13-9-10-14(16-11-13)12-7-5-4-6-8-12;/h3-4,6-16H,1-2H3;4-7,9-11H,1-3H3;/q2*-1;/i16D;;. The van der Waals surface area contributed by atoms with Crippen LogP contribution in [0.25, 0.3) is 53.8 Å². The van der Waals surface area contributed by atoms with Crippen LogP contribution in [-0.4, -0.2) is 23.2 Å². The Balaban J connectivity index is 0.000000217. The Morgan fingerprint density at radius 1 is 0.783 bits per heavy atom. The molecule has 3 heterocycles. The first kappa shape index (κ1) is 32.5. The minimum Gasteiger partial charge on any atom is 0 e. The van der Waals surface area contributed by atoms with Gasteiger partial charge in [-0.15, -0.1) is 23.8 Å². The predicted octanol–water partition coefficient (Wildman–Crippen LogP) is 10.9. The molecule has 2 nitrogen and oxygen atoms in total. The number of hydrogen-bond donors (Lipinski definition) is 0. The molecule has 0 saturated carbocycles. The molecule has 0 atom stereocenters. The van der Waals surface area contributed by atoms with E-state index in [4.69, 9.17) is 1.37 Å². The SMILES string of the molecule is [2H]C(C)(C)c1ccnc(-c2[c-]ccc3c2sc2cc(-c4ccc(F)cc4)ccc23)c1.[CH3][Ge]([CH3])([CH3])[c]1ccc(-c2[c-]cccc2)nc1.[Ir]. The molecule has 0 aliphatic rings. The van der Waals surface area contributed by atoms with Crippen molar-refractivity contribution in [2.75, 3.05) is 0 Å². The Morgan fingerprint density at radius 3 is 2.24 bits per heavy atom. The van der Waals surface area contributed by atoms with Crippen LogP contribution in [0.3, 0.4) is 0 Å².